The highest BCUT2D eigenvalue weighted by atomic mass is 32.1. The summed E-state index contributed by atoms with van der Waals surface area (Å²) in [6.45, 7) is 4.37. The SMILES string of the molecule is CCCNC(=O)Cn1c(=CC(=O)C(C)(C)C)sc(=Cc2ccccc2OC(F)F)c1=O. The van der Waals surface area contributed by atoms with Crippen LogP contribution in [0.5, 0.6) is 5.75 Å². The maximum absolute atomic E-state index is 13.0. The van der Waals surface area contributed by atoms with Crippen LogP contribution in [-0.4, -0.2) is 29.4 Å². The highest BCUT2D eigenvalue weighted by Crippen LogP contribution is 2.20. The molecule has 2 rings (SSSR count). The van der Waals surface area contributed by atoms with E-state index in [0.29, 0.717) is 11.2 Å². The molecule has 0 aliphatic heterocycles. The lowest BCUT2D eigenvalue weighted by Gasteiger charge is -2.12. The summed E-state index contributed by atoms with van der Waals surface area (Å²) in [6, 6.07) is 6.09. The van der Waals surface area contributed by atoms with Crippen LogP contribution in [0.1, 0.15) is 39.7 Å². The molecule has 1 N–H and O–H groups in total. The molecule has 31 heavy (non-hydrogen) atoms. The van der Waals surface area contributed by atoms with Crippen LogP contribution in [0.2, 0.25) is 0 Å². The molecule has 2 aromatic rings. The quantitative estimate of drug-likeness (QED) is 0.667. The maximum atomic E-state index is 13.0. The summed E-state index contributed by atoms with van der Waals surface area (Å²) in [5, 5.41) is 2.70. The summed E-state index contributed by atoms with van der Waals surface area (Å²) in [6.07, 6.45) is 3.51. The largest absolute Gasteiger partial charge is 0.434 e. The van der Waals surface area contributed by atoms with E-state index < -0.39 is 17.6 Å². The number of halogens is 2. The number of nitrogens with one attached hydrogen (secondary N) is 1. The number of hydrogen-bond donors (Lipinski definition) is 1. The van der Waals surface area contributed by atoms with Gasteiger partial charge < -0.3 is 10.1 Å². The Morgan fingerprint density at radius 3 is 2.55 bits per heavy atom. The fraction of sp³-hybridized carbons (Fsp3) is 0.409. The Bertz CT molecular complexity index is 1110. The number of nitrogens with zero attached hydrogens (tertiary/aromatic N) is 1. The fourth-order valence-electron chi connectivity index (χ4n) is 2.53. The second-order valence-corrected chi connectivity index (χ2v) is 8.93. The van der Waals surface area contributed by atoms with Crippen molar-refractivity contribution < 1.29 is 23.1 Å². The zero-order chi connectivity index (χ0) is 23.2. The number of ether oxygens (including phenoxy) is 1. The number of para-hydroxylation sites is 1. The van der Waals surface area contributed by atoms with Crippen molar-refractivity contribution >= 4 is 35.2 Å². The molecule has 1 heterocycles. The molecule has 0 fully saturated rings. The zero-order valence-corrected chi connectivity index (χ0v) is 18.7. The van der Waals surface area contributed by atoms with Crippen LogP contribution in [0.25, 0.3) is 12.2 Å². The molecule has 0 unspecified atom stereocenters. The standard InChI is InChI=1S/C22H26F2N2O4S/c1-5-10-25-18(28)13-26-19(12-17(27)22(2,3)4)31-16(20(26)29)11-14-8-6-7-9-15(14)30-21(23)24/h6-9,11-12,21H,5,10,13H2,1-4H3,(H,25,28). The molecule has 1 aromatic heterocycles. The van der Waals surface area contributed by atoms with Gasteiger partial charge in [0.05, 0.1) is 4.53 Å². The van der Waals surface area contributed by atoms with E-state index in [-0.39, 0.29) is 34.1 Å². The van der Waals surface area contributed by atoms with Crippen molar-refractivity contribution in [2.45, 2.75) is 47.3 Å². The first kappa shape index (κ1) is 24.5. The summed E-state index contributed by atoms with van der Waals surface area (Å²) in [4.78, 5) is 37.8. The van der Waals surface area contributed by atoms with E-state index in [1.807, 2.05) is 6.92 Å². The summed E-state index contributed by atoms with van der Waals surface area (Å²) >= 11 is 1.01. The van der Waals surface area contributed by atoms with Crippen molar-refractivity contribution in [2.75, 3.05) is 6.54 Å². The van der Waals surface area contributed by atoms with E-state index in [2.05, 4.69) is 10.1 Å². The van der Waals surface area contributed by atoms with E-state index >= 15 is 0 Å². The molecule has 9 heteroatoms. The van der Waals surface area contributed by atoms with Gasteiger partial charge in [-0.25, -0.2) is 0 Å². The number of ketones is 1. The maximum Gasteiger partial charge on any atom is 0.387 e. The Morgan fingerprint density at radius 1 is 1.26 bits per heavy atom. The number of alkyl halides is 2. The molecule has 0 saturated heterocycles. The topological polar surface area (TPSA) is 77.4 Å². The van der Waals surface area contributed by atoms with Gasteiger partial charge in [-0.15, -0.1) is 11.3 Å². The predicted octanol–water partition coefficient (Wildman–Crippen LogP) is 2.26. The first-order valence-electron chi connectivity index (χ1n) is 9.81. The molecule has 168 valence electrons. The molecule has 0 aliphatic carbocycles. The van der Waals surface area contributed by atoms with Gasteiger partial charge in [0, 0.05) is 23.6 Å². The van der Waals surface area contributed by atoms with Crippen molar-refractivity contribution in [3.8, 4) is 5.75 Å². The molecule has 0 radical (unpaired) electrons. The van der Waals surface area contributed by atoms with Gasteiger partial charge in [-0.05, 0) is 18.6 Å². The van der Waals surface area contributed by atoms with E-state index in [0.717, 1.165) is 17.8 Å². The van der Waals surface area contributed by atoms with Crippen LogP contribution in [0.15, 0.2) is 29.1 Å². The molecule has 1 amide bonds. The summed E-state index contributed by atoms with van der Waals surface area (Å²) < 4.78 is 31.7. The van der Waals surface area contributed by atoms with Gasteiger partial charge in [0.25, 0.3) is 5.56 Å². The molecule has 0 atom stereocenters. The smallest absolute Gasteiger partial charge is 0.387 e. The number of hydrogen-bond acceptors (Lipinski definition) is 5. The summed E-state index contributed by atoms with van der Waals surface area (Å²) in [7, 11) is 0. The molecular formula is C22H26F2N2O4S. The lowest BCUT2D eigenvalue weighted by molar-refractivity contribution is -0.122. The molecule has 0 saturated carbocycles. The minimum atomic E-state index is -3.01. The molecule has 0 spiro atoms. The lowest BCUT2D eigenvalue weighted by Crippen LogP contribution is -2.38. The summed E-state index contributed by atoms with van der Waals surface area (Å²) in [5.74, 6) is -0.633. The molecule has 1 aromatic carbocycles. The highest BCUT2D eigenvalue weighted by Gasteiger charge is 2.20. The van der Waals surface area contributed by atoms with Gasteiger partial charge in [-0.2, -0.15) is 8.78 Å². The van der Waals surface area contributed by atoms with Crippen LogP contribution in [-0.2, 0) is 16.1 Å². The number of carbonyl (C=O) groups is 2. The Morgan fingerprint density at radius 2 is 1.94 bits per heavy atom. The number of rotatable bonds is 8. The molecule has 0 aliphatic rings. The van der Waals surface area contributed by atoms with Gasteiger partial charge in [0.15, 0.2) is 5.78 Å². The van der Waals surface area contributed by atoms with Crippen molar-refractivity contribution in [2.24, 2.45) is 5.41 Å². The number of aromatic nitrogens is 1. The third kappa shape index (κ3) is 6.85. The van der Waals surface area contributed by atoms with Gasteiger partial charge in [-0.1, -0.05) is 45.9 Å². The van der Waals surface area contributed by atoms with Gasteiger partial charge in [0.2, 0.25) is 5.91 Å². The fourth-order valence-corrected chi connectivity index (χ4v) is 3.56. The lowest BCUT2D eigenvalue weighted by atomic mass is 9.91. The molecular weight excluding hydrogens is 426 g/mol. The van der Waals surface area contributed by atoms with Crippen molar-refractivity contribution in [1.82, 2.24) is 9.88 Å². The van der Waals surface area contributed by atoms with E-state index in [1.165, 1.54) is 22.8 Å². The van der Waals surface area contributed by atoms with E-state index in [4.69, 9.17) is 0 Å². The third-order valence-corrected chi connectivity index (χ3v) is 5.29. The average molecular weight is 453 g/mol. The van der Waals surface area contributed by atoms with Crippen LogP contribution < -0.4 is 24.8 Å². The average Bonchev–Trinajstić information content (AvgIpc) is 2.95. The van der Waals surface area contributed by atoms with Crippen LogP contribution in [0.3, 0.4) is 0 Å². The minimum absolute atomic E-state index is 0.0752. The van der Waals surface area contributed by atoms with Gasteiger partial charge in [-0.3, -0.25) is 19.0 Å². The van der Waals surface area contributed by atoms with Crippen LogP contribution >= 0.6 is 11.3 Å². The van der Waals surface area contributed by atoms with Gasteiger partial charge >= 0.3 is 6.61 Å². The Hall–Kier alpha value is -2.81. The van der Waals surface area contributed by atoms with Crippen molar-refractivity contribution in [3.63, 3.8) is 0 Å². The zero-order valence-electron chi connectivity index (χ0n) is 17.9. The van der Waals surface area contributed by atoms with Crippen molar-refractivity contribution in [1.29, 1.82) is 0 Å². The Labute approximate surface area is 182 Å². The predicted molar refractivity (Wildman–Crippen MR) is 117 cm³/mol. The van der Waals surface area contributed by atoms with E-state index in [1.54, 1.807) is 39.0 Å². The Balaban J connectivity index is 2.63. The van der Waals surface area contributed by atoms with E-state index in [9.17, 15) is 23.2 Å². The van der Waals surface area contributed by atoms with Gasteiger partial charge in [0.1, 0.15) is 17.0 Å². The number of thiazole rings is 1. The number of amides is 1. The third-order valence-electron chi connectivity index (χ3n) is 4.23. The second kappa shape index (κ2) is 10.5. The number of Topliss-reactive ketones (excluding diaryl/α,β-unsaturated/α-hetero) is 1. The highest BCUT2D eigenvalue weighted by molar-refractivity contribution is 7.07. The first-order chi connectivity index (χ1) is 14.5. The Kier molecular flexibility index (Phi) is 8.27. The second-order valence-electron chi connectivity index (χ2n) is 7.87. The summed E-state index contributed by atoms with van der Waals surface area (Å²) in [5.41, 5.74) is -0.870. The van der Waals surface area contributed by atoms with Crippen LogP contribution in [0, 0.1) is 5.41 Å². The molecule has 6 nitrogen and oxygen atoms in total. The van der Waals surface area contributed by atoms with Crippen molar-refractivity contribution in [3.05, 3.63) is 49.4 Å². The monoisotopic (exact) mass is 452 g/mol. The minimum Gasteiger partial charge on any atom is -0.434 e. The number of benzene rings is 1. The first-order valence-corrected chi connectivity index (χ1v) is 10.6. The number of carbonyl (C=O) groups excluding carboxylic acids is 2. The van der Waals surface area contributed by atoms with Crippen LogP contribution in [0.4, 0.5) is 8.78 Å². The normalized spacial score (nSPS) is 13.0. The molecule has 0 bridgehead atoms.